The number of unbranched alkanes of at least 4 members (excludes halogenated alkanes) is 4. The average molecular weight is 230 g/mol. The molecule has 0 aromatic heterocycles. The highest BCUT2D eigenvalue weighted by Gasteiger charge is 2.12. The molecule has 1 atom stereocenters. The van der Waals surface area contributed by atoms with E-state index in [1.807, 2.05) is 6.92 Å². The van der Waals surface area contributed by atoms with Gasteiger partial charge in [-0.2, -0.15) is 0 Å². The Morgan fingerprint density at radius 1 is 1.25 bits per heavy atom. The standard InChI is InChI=1S/C12H26N2O2/c1-3-5-6-7-8-9-16-10-11(12(13)15)14-4-2/h11,14H,3-10H2,1-2H3,(H2,13,15). The summed E-state index contributed by atoms with van der Waals surface area (Å²) in [4.78, 5) is 11.0. The number of hydrogen-bond donors (Lipinski definition) is 2. The number of carbonyl (C=O) groups is 1. The Morgan fingerprint density at radius 3 is 2.50 bits per heavy atom. The first-order valence-electron chi connectivity index (χ1n) is 6.32. The number of nitrogens with two attached hydrogens (primary N) is 1. The zero-order valence-electron chi connectivity index (χ0n) is 10.6. The van der Waals surface area contributed by atoms with Crippen LogP contribution in [0, 0.1) is 0 Å². The van der Waals surface area contributed by atoms with Gasteiger partial charge in [-0.15, -0.1) is 0 Å². The highest BCUT2D eigenvalue weighted by molar-refractivity contribution is 5.79. The number of primary amides is 1. The number of hydrogen-bond acceptors (Lipinski definition) is 3. The molecular weight excluding hydrogens is 204 g/mol. The van der Waals surface area contributed by atoms with Gasteiger partial charge in [-0.25, -0.2) is 0 Å². The highest BCUT2D eigenvalue weighted by Crippen LogP contribution is 2.02. The second-order valence-electron chi connectivity index (χ2n) is 4.00. The van der Waals surface area contributed by atoms with E-state index in [0.717, 1.165) is 19.6 Å². The maximum absolute atomic E-state index is 11.0. The van der Waals surface area contributed by atoms with Crippen molar-refractivity contribution in [3.05, 3.63) is 0 Å². The second-order valence-corrected chi connectivity index (χ2v) is 4.00. The van der Waals surface area contributed by atoms with Crippen LogP contribution in [0.5, 0.6) is 0 Å². The van der Waals surface area contributed by atoms with E-state index in [9.17, 15) is 4.79 Å². The lowest BCUT2D eigenvalue weighted by Gasteiger charge is -2.14. The molecule has 0 aliphatic rings. The fourth-order valence-electron chi connectivity index (χ4n) is 1.50. The Balaban J connectivity index is 3.37. The van der Waals surface area contributed by atoms with Crippen molar-refractivity contribution in [2.24, 2.45) is 5.73 Å². The van der Waals surface area contributed by atoms with E-state index in [1.54, 1.807) is 0 Å². The first-order valence-corrected chi connectivity index (χ1v) is 6.32. The van der Waals surface area contributed by atoms with Crippen LogP contribution in [0.1, 0.15) is 46.0 Å². The fraction of sp³-hybridized carbons (Fsp3) is 0.917. The largest absolute Gasteiger partial charge is 0.379 e. The third kappa shape index (κ3) is 8.68. The van der Waals surface area contributed by atoms with Crippen LogP contribution in [0.4, 0.5) is 0 Å². The molecule has 1 amide bonds. The summed E-state index contributed by atoms with van der Waals surface area (Å²) >= 11 is 0. The molecule has 0 rings (SSSR count). The molecule has 3 N–H and O–H groups in total. The molecule has 0 bridgehead atoms. The summed E-state index contributed by atoms with van der Waals surface area (Å²) in [6.07, 6.45) is 6.09. The number of nitrogens with one attached hydrogen (secondary N) is 1. The third-order valence-corrected chi connectivity index (χ3v) is 2.47. The minimum Gasteiger partial charge on any atom is -0.379 e. The number of rotatable bonds is 11. The normalized spacial score (nSPS) is 12.6. The minimum absolute atomic E-state index is 0.340. The maximum Gasteiger partial charge on any atom is 0.236 e. The van der Waals surface area contributed by atoms with Gasteiger partial charge in [-0.05, 0) is 13.0 Å². The van der Waals surface area contributed by atoms with E-state index >= 15 is 0 Å². The van der Waals surface area contributed by atoms with Gasteiger partial charge in [0.15, 0.2) is 0 Å². The van der Waals surface area contributed by atoms with Crippen molar-refractivity contribution in [1.29, 1.82) is 0 Å². The molecule has 0 heterocycles. The molecule has 0 saturated carbocycles. The molecular formula is C12H26N2O2. The highest BCUT2D eigenvalue weighted by atomic mass is 16.5. The van der Waals surface area contributed by atoms with Gasteiger partial charge in [0.1, 0.15) is 6.04 Å². The summed E-state index contributed by atoms with van der Waals surface area (Å²) in [5.74, 6) is -0.340. The zero-order chi connectivity index (χ0) is 12.2. The topological polar surface area (TPSA) is 64.3 Å². The van der Waals surface area contributed by atoms with Crippen LogP contribution < -0.4 is 11.1 Å². The molecule has 4 nitrogen and oxygen atoms in total. The van der Waals surface area contributed by atoms with Crippen molar-refractivity contribution in [2.45, 2.75) is 52.0 Å². The van der Waals surface area contributed by atoms with E-state index < -0.39 is 0 Å². The number of carbonyl (C=O) groups excluding carboxylic acids is 1. The predicted octanol–water partition coefficient (Wildman–Crippen LogP) is 1.44. The van der Waals surface area contributed by atoms with Crippen LogP contribution in [0.15, 0.2) is 0 Å². The molecule has 0 fully saturated rings. The van der Waals surface area contributed by atoms with E-state index in [0.29, 0.717) is 6.61 Å². The Bertz CT molecular complexity index is 174. The van der Waals surface area contributed by atoms with Crippen molar-refractivity contribution < 1.29 is 9.53 Å². The number of likely N-dealkylation sites (N-methyl/N-ethyl adjacent to an activating group) is 1. The molecule has 0 aromatic carbocycles. The lowest BCUT2D eigenvalue weighted by Crippen LogP contribution is -2.44. The van der Waals surface area contributed by atoms with E-state index in [4.69, 9.17) is 10.5 Å². The summed E-state index contributed by atoms with van der Waals surface area (Å²) in [5.41, 5.74) is 5.22. The molecule has 1 unspecified atom stereocenters. The average Bonchev–Trinajstić information content (AvgIpc) is 2.26. The van der Waals surface area contributed by atoms with E-state index in [1.165, 1.54) is 25.7 Å². The van der Waals surface area contributed by atoms with Crippen molar-refractivity contribution in [1.82, 2.24) is 5.32 Å². The zero-order valence-corrected chi connectivity index (χ0v) is 10.6. The van der Waals surface area contributed by atoms with Crippen LogP contribution >= 0.6 is 0 Å². The quantitative estimate of drug-likeness (QED) is 0.528. The molecule has 0 aliphatic heterocycles. The Kier molecular flexibility index (Phi) is 10.5. The van der Waals surface area contributed by atoms with Crippen molar-refractivity contribution in [3.63, 3.8) is 0 Å². The van der Waals surface area contributed by atoms with Gasteiger partial charge < -0.3 is 15.8 Å². The molecule has 0 spiro atoms. The van der Waals surface area contributed by atoms with Gasteiger partial charge in [0.05, 0.1) is 6.61 Å². The molecule has 0 saturated heterocycles. The number of amides is 1. The molecule has 0 aromatic rings. The SMILES string of the molecule is CCCCCCCOCC(NCC)C(N)=O. The van der Waals surface area contributed by atoms with Crippen LogP contribution in [-0.2, 0) is 9.53 Å². The van der Waals surface area contributed by atoms with Crippen LogP contribution in [0.2, 0.25) is 0 Å². The molecule has 0 radical (unpaired) electrons. The first kappa shape index (κ1) is 15.4. The number of ether oxygens (including phenoxy) is 1. The molecule has 96 valence electrons. The third-order valence-electron chi connectivity index (χ3n) is 2.47. The summed E-state index contributed by atoms with van der Waals surface area (Å²) in [6.45, 7) is 5.98. The second kappa shape index (κ2) is 10.9. The van der Waals surface area contributed by atoms with E-state index in [-0.39, 0.29) is 11.9 Å². The molecule has 16 heavy (non-hydrogen) atoms. The first-order chi connectivity index (χ1) is 7.72. The van der Waals surface area contributed by atoms with Crippen molar-refractivity contribution in [3.8, 4) is 0 Å². The van der Waals surface area contributed by atoms with Crippen LogP contribution in [0.25, 0.3) is 0 Å². The van der Waals surface area contributed by atoms with Gasteiger partial charge in [-0.1, -0.05) is 39.5 Å². The minimum atomic E-state index is -0.347. The molecule has 0 aliphatic carbocycles. The lowest BCUT2D eigenvalue weighted by atomic mass is 10.2. The van der Waals surface area contributed by atoms with Crippen LogP contribution in [-0.4, -0.2) is 31.7 Å². The Morgan fingerprint density at radius 2 is 1.94 bits per heavy atom. The smallest absolute Gasteiger partial charge is 0.236 e. The van der Waals surface area contributed by atoms with Gasteiger partial charge in [-0.3, -0.25) is 4.79 Å². The fourth-order valence-corrected chi connectivity index (χ4v) is 1.50. The summed E-state index contributed by atoms with van der Waals surface area (Å²) in [7, 11) is 0. The van der Waals surface area contributed by atoms with Crippen LogP contribution in [0.3, 0.4) is 0 Å². The maximum atomic E-state index is 11.0. The lowest BCUT2D eigenvalue weighted by molar-refractivity contribution is -0.121. The Labute approximate surface area is 98.9 Å². The summed E-state index contributed by atoms with van der Waals surface area (Å²) in [5, 5.41) is 2.99. The van der Waals surface area contributed by atoms with Gasteiger partial charge in [0, 0.05) is 6.61 Å². The van der Waals surface area contributed by atoms with Gasteiger partial charge in [0.2, 0.25) is 5.91 Å². The molecule has 4 heteroatoms. The monoisotopic (exact) mass is 230 g/mol. The van der Waals surface area contributed by atoms with Gasteiger partial charge in [0.25, 0.3) is 0 Å². The van der Waals surface area contributed by atoms with Crippen molar-refractivity contribution in [2.75, 3.05) is 19.8 Å². The predicted molar refractivity (Wildman–Crippen MR) is 66.2 cm³/mol. The van der Waals surface area contributed by atoms with Gasteiger partial charge >= 0.3 is 0 Å². The summed E-state index contributed by atoms with van der Waals surface area (Å²) in [6, 6.07) is -0.347. The Hall–Kier alpha value is -0.610. The summed E-state index contributed by atoms with van der Waals surface area (Å²) < 4.78 is 5.43. The van der Waals surface area contributed by atoms with Crippen molar-refractivity contribution >= 4 is 5.91 Å². The van der Waals surface area contributed by atoms with E-state index in [2.05, 4.69) is 12.2 Å².